The number of nitrogens with one attached hydrogen (secondary N) is 1. The van der Waals surface area contributed by atoms with Gasteiger partial charge >= 0.3 is 0 Å². The number of piperidine rings is 1. The molecule has 1 fully saturated rings. The van der Waals surface area contributed by atoms with Crippen LogP contribution in [0.1, 0.15) is 18.9 Å². The van der Waals surface area contributed by atoms with Crippen LogP contribution in [0.3, 0.4) is 0 Å². The van der Waals surface area contributed by atoms with Gasteiger partial charge in [0.05, 0.1) is 0 Å². The summed E-state index contributed by atoms with van der Waals surface area (Å²) in [5, 5.41) is 3.40. The minimum Gasteiger partial charge on any atom is -0.371 e. The standard InChI is InChI=1S/C15H21FN2/c1-11-10-17-9-8-15(11)18(3)12(2)13-4-6-14(16)7-5-13/h4-7,11,15,17H,2,8-10H2,1,3H3. The molecular formula is C15H21FN2. The number of nitrogens with zero attached hydrogens (tertiary/aromatic N) is 1. The second kappa shape index (κ2) is 5.53. The molecule has 0 bridgehead atoms. The highest BCUT2D eigenvalue weighted by Crippen LogP contribution is 2.25. The van der Waals surface area contributed by atoms with Gasteiger partial charge in [0, 0.05) is 18.8 Å². The second-order valence-electron chi connectivity index (χ2n) is 5.10. The number of rotatable bonds is 3. The quantitative estimate of drug-likeness (QED) is 0.885. The molecule has 0 saturated carbocycles. The molecule has 1 N–H and O–H groups in total. The van der Waals surface area contributed by atoms with E-state index in [-0.39, 0.29) is 5.82 Å². The average Bonchev–Trinajstić information content (AvgIpc) is 2.38. The summed E-state index contributed by atoms with van der Waals surface area (Å²) in [5.41, 5.74) is 1.96. The van der Waals surface area contributed by atoms with E-state index in [0.717, 1.165) is 30.8 Å². The summed E-state index contributed by atoms with van der Waals surface area (Å²) in [4.78, 5) is 2.23. The summed E-state index contributed by atoms with van der Waals surface area (Å²) in [5.74, 6) is 0.394. The lowest BCUT2D eigenvalue weighted by molar-refractivity contribution is 0.209. The van der Waals surface area contributed by atoms with Crippen molar-refractivity contribution in [3.63, 3.8) is 0 Å². The van der Waals surface area contributed by atoms with Gasteiger partial charge in [-0.15, -0.1) is 0 Å². The molecule has 3 heteroatoms. The van der Waals surface area contributed by atoms with Crippen LogP contribution < -0.4 is 5.32 Å². The third-order valence-electron chi connectivity index (χ3n) is 3.84. The molecule has 0 aromatic heterocycles. The SMILES string of the molecule is C=C(c1ccc(F)cc1)N(C)C1CCNCC1C. The van der Waals surface area contributed by atoms with Crippen molar-refractivity contribution in [3.8, 4) is 0 Å². The maximum absolute atomic E-state index is 12.9. The van der Waals surface area contributed by atoms with Crippen LogP contribution in [-0.4, -0.2) is 31.1 Å². The van der Waals surface area contributed by atoms with Crippen molar-refractivity contribution in [1.29, 1.82) is 0 Å². The predicted octanol–water partition coefficient (Wildman–Crippen LogP) is 2.73. The Labute approximate surface area is 108 Å². The topological polar surface area (TPSA) is 15.3 Å². The Balaban J connectivity index is 2.10. The number of hydrogen-bond acceptors (Lipinski definition) is 2. The smallest absolute Gasteiger partial charge is 0.123 e. The molecule has 1 aliphatic heterocycles. The van der Waals surface area contributed by atoms with E-state index >= 15 is 0 Å². The van der Waals surface area contributed by atoms with Crippen LogP contribution in [0.25, 0.3) is 5.70 Å². The minimum atomic E-state index is -0.204. The molecule has 1 heterocycles. The highest BCUT2D eigenvalue weighted by atomic mass is 19.1. The Morgan fingerprint density at radius 2 is 2.06 bits per heavy atom. The maximum Gasteiger partial charge on any atom is 0.123 e. The van der Waals surface area contributed by atoms with Crippen LogP contribution in [0.2, 0.25) is 0 Å². The zero-order valence-corrected chi connectivity index (χ0v) is 11.1. The van der Waals surface area contributed by atoms with Crippen LogP contribution in [0.15, 0.2) is 30.8 Å². The summed E-state index contributed by atoms with van der Waals surface area (Å²) in [6, 6.07) is 7.06. The molecule has 1 aromatic rings. The lowest BCUT2D eigenvalue weighted by Gasteiger charge is -2.39. The maximum atomic E-state index is 12.9. The second-order valence-corrected chi connectivity index (χ2v) is 5.10. The molecule has 0 aliphatic carbocycles. The van der Waals surface area contributed by atoms with Gasteiger partial charge in [-0.2, -0.15) is 0 Å². The van der Waals surface area contributed by atoms with Crippen LogP contribution >= 0.6 is 0 Å². The first-order valence-corrected chi connectivity index (χ1v) is 6.48. The van der Waals surface area contributed by atoms with E-state index < -0.39 is 0 Å². The number of halogens is 1. The van der Waals surface area contributed by atoms with E-state index in [4.69, 9.17) is 0 Å². The third kappa shape index (κ3) is 2.72. The summed E-state index contributed by atoms with van der Waals surface area (Å²) in [6.45, 7) is 8.50. The van der Waals surface area contributed by atoms with Gasteiger partial charge in [-0.05, 0) is 43.1 Å². The van der Waals surface area contributed by atoms with E-state index in [0.29, 0.717) is 12.0 Å². The van der Waals surface area contributed by atoms with Gasteiger partial charge in [-0.3, -0.25) is 0 Å². The van der Waals surface area contributed by atoms with Gasteiger partial charge in [0.2, 0.25) is 0 Å². The molecule has 0 amide bonds. The Kier molecular flexibility index (Phi) is 4.02. The lowest BCUT2D eigenvalue weighted by atomic mass is 9.93. The van der Waals surface area contributed by atoms with Gasteiger partial charge in [-0.25, -0.2) is 4.39 Å². The van der Waals surface area contributed by atoms with E-state index in [9.17, 15) is 4.39 Å². The number of hydrogen-bond donors (Lipinski definition) is 1. The molecule has 2 nitrogen and oxygen atoms in total. The van der Waals surface area contributed by atoms with Gasteiger partial charge in [0.25, 0.3) is 0 Å². The first kappa shape index (κ1) is 13.1. The first-order valence-electron chi connectivity index (χ1n) is 6.48. The number of benzene rings is 1. The molecular weight excluding hydrogens is 227 g/mol. The molecule has 1 aromatic carbocycles. The molecule has 0 spiro atoms. The van der Waals surface area contributed by atoms with Crippen molar-refractivity contribution in [2.45, 2.75) is 19.4 Å². The Bertz CT molecular complexity index is 413. The van der Waals surface area contributed by atoms with Crippen LogP contribution in [0, 0.1) is 11.7 Å². The molecule has 2 rings (SSSR count). The highest BCUT2D eigenvalue weighted by Gasteiger charge is 2.25. The first-order chi connectivity index (χ1) is 8.59. The van der Waals surface area contributed by atoms with E-state index in [1.807, 2.05) is 0 Å². The fourth-order valence-corrected chi connectivity index (χ4v) is 2.62. The largest absolute Gasteiger partial charge is 0.371 e. The van der Waals surface area contributed by atoms with Crippen molar-refractivity contribution in [2.24, 2.45) is 5.92 Å². The van der Waals surface area contributed by atoms with Crippen molar-refractivity contribution >= 4 is 5.70 Å². The monoisotopic (exact) mass is 248 g/mol. The van der Waals surface area contributed by atoms with Gasteiger partial charge in [0.1, 0.15) is 5.82 Å². The molecule has 0 radical (unpaired) electrons. The minimum absolute atomic E-state index is 0.204. The van der Waals surface area contributed by atoms with Gasteiger partial charge in [0.15, 0.2) is 0 Å². The van der Waals surface area contributed by atoms with Gasteiger partial charge < -0.3 is 10.2 Å². The molecule has 1 aliphatic rings. The lowest BCUT2D eigenvalue weighted by Crippen LogP contribution is -2.46. The van der Waals surface area contributed by atoms with Crippen molar-refractivity contribution in [1.82, 2.24) is 10.2 Å². The molecule has 2 unspecified atom stereocenters. The van der Waals surface area contributed by atoms with Crippen LogP contribution in [0.4, 0.5) is 4.39 Å². The summed E-state index contributed by atoms with van der Waals surface area (Å²) in [6.07, 6.45) is 1.12. The van der Waals surface area contributed by atoms with E-state index in [1.54, 1.807) is 12.1 Å². The van der Waals surface area contributed by atoms with Crippen LogP contribution in [0.5, 0.6) is 0 Å². The third-order valence-corrected chi connectivity index (χ3v) is 3.84. The normalized spacial score (nSPS) is 23.7. The Hall–Kier alpha value is -1.35. The average molecular weight is 248 g/mol. The van der Waals surface area contributed by atoms with E-state index in [2.05, 4.69) is 30.8 Å². The zero-order chi connectivity index (χ0) is 13.1. The van der Waals surface area contributed by atoms with E-state index in [1.165, 1.54) is 12.1 Å². The predicted molar refractivity (Wildman–Crippen MR) is 73.6 cm³/mol. The van der Waals surface area contributed by atoms with Crippen molar-refractivity contribution in [3.05, 3.63) is 42.2 Å². The molecule has 2 atom stereocenters. The van der Waals surface area contributed by atoms with Crippen molar-refractivity contribution < 1.29 is 4.39 Å². The summed E-state index contributed by atoms with van der Waals surface area (Å²) < 4.78 is 12.9. The Morgan fingerprint density at radius 1 is 1.39 bits per heavy atom. The van der Waals surface area contributed by atoms with Crippen molar-refractivity contribution in [2.75, 3.05) is 20.1 Å². The zero-order valence-electron chi connectivity index (χ0n) is 11.1. The molecule has 1 saturated heterocycles. The molecule has 18 heavy (non-hydrogen) atoms. The van der Waals surface area contributed by atoms with Gasteiger partial charge in [-0.1, -0.05) is 25.6 Å². The fourth-order valence-electron chi connectivity index (χ4n) is 2.62. The summed E-state index contributed by atoms with van der Waals surface area (Å²) >= 11 is 0. The van der Waals surface area contributed by atoms with Crippen LogP contribution in [-0.2, 0) is 0 Å². The Morgan fingerprint density at radius 3 is 2.67 bits per heavy atom. The fraction of sp³-hybridized carbons (Fsp3) is 0.467. The summed E-state index contributed by atoms with van der Waals surface area (Å²) in [7, 11) is 2.08. The highest BCUT2D eigenvalue weighted by molar-refractivity contribution is 5.61. The molecule has 98 valence electrons.